The highest BCUT2D eigenvalue weighted by Gasteiger charge is 2.20. The van der Waals surface area contributed by atoms with Crippen LogP contribution in [0.4, 0.5) is 17.2 Å². The van der Waals surface area contributed by atoms with Crippen LogP contribution in [0.2, 0.25) is 0 Å². The first-order valence-electron chi connectivity index (χ1n) is 6.83. The first-order chi connectivity index (χ1) is 9.81. The maximum absolute atomic E-state index is 5.81. The summed E-state index contributed by atoms with van der Waals surface area (Å²) in [5.74, 6) is 1.01. The lowest BCUT2D eigenvalue weighted by molar-refractivity contribution is 0.979. The Morgan fingerprint density at radius 1 is 1.00 bits per heavy atom. The molecule has 0 fully saturated rings. The molecule has 0 radical (unpaired) electrons. The van der Waals surface area contributed by atoms with Crippen LogP contribution in [0.3, 0.4) is 0 Å². The van der Waals surface area contributed by atoms with Gasteiger partial charge in [-0.05, 0) is 48.4 Å². The van der Waals surface area contributed by atoms with E-state index >= 15 is 0 Å². The second-order valence-electron chi connectivity index (χ2n) is 5.15. The number of nitrogen functional groups attached to an aromatic ring is 1. The Morgan fingerprint density at radius 3 is 2.85 bits per heavy atom. The molecule has 2 aromatic carbocycles. The van der Waals surface area contributed by atoms with E-state index in [0.717, 1.165) is 35.4 Å². The predicted molar refractivity (Wildman–Crippen MR) is 83.3 cm³/mol. The maximum Gasteiger partial charge on any atom is 0.133 e. The number of nitrogens with two attached hydrogens (primary N) is 1. The van der Waals surface area contributed by atoms with Crippen LogP contribution in [0.1, 0.15) is 5.56 Å². The molecule has 2 N–H and O–H groups in total. The molecule has 0 aliphatic carbocycles. The van der Waals surface area contributed by atoms with Crippen molar-refractivity contribution in [3.05, 3.63) is 60.2 Å². The van der Waals surface area contributed by atoms with Gasteiger partial charge < -0.3 is 10.6 Å². The number of fused-ring (bicyclic) bond motifs is 2. The number of nitrogens with zero attached hydrogens (tertiary/aromatic N) is 2. The standard InChI is InChI=1S/C17H15N3/c18-14-6-7-15-13(11-14)5-8-17(19-15)20-10-9-12-3-1-2-4-16(12)20/h1-8,11H,9-10,18H2. The summed E-state index contributed by atoms with van der Waals surface area (Å²) in [6.07, 6.45) is 1.08. The van der Waals surface area contributed by atoms with Gasteiger partial charge >= 0.3 is 0 Å². The van der Waals surface area contributed by atoms with Gasteiger partial charge in [0, 0.05) is 23.3 Å². The number of hydrogen-bond acceptors (Lipinski definition) is 3. The van der Waals surface area contributed by atoms with Gasteiger partial charge in [0.15, 0.2) is 0 Å². The van der Waals surface area contributed by atoms with Gasteiger partial charge in [0.2, 0.25) is 0 Å². The van der Waals surface area contributed by atoms with Crippen molar-refractivity contribution in [2.75, 3.05) is 17.2 Å². The molecule has 0 amide bonds. The number of rotatable bonds is 1. The molecule has 0 unspecified atom stereocenters. The van der Waals surface area contributed by atoms with Gasteiger partial charge in [-0.25, -0.2) is 4.98 Å². The quantitative estimate of drug-likeness (QED) is 0.682. The zero-order valence-corrected chi connectivity index (χ0v) is 11.1. The topological polar surface area (TPSA) is 42.1 Å². The third kappa shape index (κ3) is 1.71. The van der Waals surface area contributed by atoms with Gasteiger partial charge in [-0.2, -0.15) is 0 Å². The number of hydrogen-bond donors (Lipinski definition) is 1. The fourth-order valence-electron chi connectivity index (χ4n) is 2.86. The molecule has 1 aromatic heterocycles. The van der Waals surface area contributed by atoms with Crippen molar-refractivity contribution in [1.29, 1.82) is 0 Å². The summed E-state index contributed by atoms with van der Waals surface area (Å²) < 4.78 is 0. The zero-order valence-electron chi connectivity index (χ0n) is 11.1. The van der Waals surface area contributed by atoms with Crippen molar-refractivity contribution in [3.63, 3.8) is 0 Å². The third-order valence-corrected chi connectivity index (χ3v) is 3.86. The van der Waals surface area contributed by atoms with Crippen molar-refractivity contribution in [2.45, 2.75) is 6.42 Å². The van der Waals surface area contributed by atoms with Gasteiger partial charge in [-0.1, -0.05) is 18.2 Å². The lowest BCUT2D eigenvalue weighted by atomic mass is 10.2. The Bertz CT molecular complexity index is 795. The molecule has 0 atom stereocenters. The van der Waals surface area contributed by atoms with Crippen LogP contribution < -0.4 is 10.6 Å². The highest BCUT2D eigenvalue weighted by molar-refractivity contribution is 5.84. The Balaban J connectivity index is 1.82. The normalized spacial score (nSPS) is 13.7. The molecule has 0 saturated carbocycles. The zero-order chi connectivity index (χ0) is 13.5. The van der Waals surface area contributed by atoms with Gasteiger partial charge in [0.25, 0.3) is 0 Å². The Labute approximate surface area is 117 Å². The van der Waals surface area contributed by atoms with Crippen LogP contribution in [-0.4, -0.2) is 11.5 Å². The largest absolute Gasteiger partial charge is 0.399 e. The Hall–Kier alpha value is -2.55. The van der Waals surface area contributed by atoms with E-state index in [1.165, 1.54) is 11.3 Å². The number of aromatic nitrogens is 1. The molecule has 3 aromatic rings. The van der Waals surface area contributed by atoms with Crippen LogP contribution >= 0.6 is 0 Å². The molecule has 20 heavy (non-hydrogen) atoms. The summed E-state index contributed by atoms with van der Waals surface area (Å²) in [5, 5.41) is 1.08. The molecule has 1 aliphatic heterocycles. The molecule has 0 spiro atoms. The smallest absolute Gasteiger partial charge is 0.133 e. The van der Waals surface area contributed by atoms with E-state index in [4.69, 9.17) is 10.7 Å². The Kier molecular flexibility index (Phi) is 2.39. The molecule has 98 valence electrons. The highest BCUT2D eigenvalue weighted by atomic mass is 15.2. The molecule has 2 heterocycles. The Morgan fingerprint density at radius 2 is 1.90 bits per heavy atom. The van der Waals surface area contributed by atoms with E-state index in [2.05, 4.69) is 41.3 Å². The molecular formula is C17H15N3. The van der Waals surface area contributed by atoms with E-state index in [1.807, 2.05) is 18.2 Å². The van der Waals surface area contributed by atoms with Crippen LogP contribution in [0.15, 0.2) is 54.6 Å². The van der Waals surface area contributed by atoms with E-state index < -0.39 is 0 Å². The molecule has 3 heteroatoms. The van der Waals surface area contributed by atoms with Crippen LogP contribution in [0.5, 0.6) is 0 Å². The summed E-state index contributed by atoms with van der Waals surface area (Å²) >= 11 is 0. The van der Waals surface area contributed by atoms with Crippen molar-refractivity contribution in [1.82, 2.24) is 4.98 Å². The summed E-state index contributed by atoms with van der Waals surface area (Å²) in [5.41, 5.74) is 10.2. The minimum Gasteiger partial charge on any atom is -0.399 e. The minimum absolute atomic E-state index is 0.776. The van der Waals surface area contributed by atoms with Gasteiger partial charge in [-0.15, -0.1) is 0 Å². The van der Waals surface area contributed by atoms with E-state index in [-0.39, 0.29) is 0 Å². The van der Waals surface area contributed by atoms with Crippen molar-refractivity contribution < 1.29 is 0 Å². The van der Waals surface area contributed by atoms with Crippen molar-refractivity contribution in [2.24, 2.45) is 0 Å². The van der Waals surface area contributed by atoms with Crippen molar-refractivity contribution >= 4 is 28.1 Å². The second kappa shape index (κ2) is 4.23. The third-order valence-electron chi connectivity index (χ3n) is 3.86. The summed E-state index contributed by atoms with van der Waals surface area (Å²) in [4.78, 5) is 7.05. The molecule has 4 rings (SSSR count). The lowest BCUT2D eigenvalue weighted by Crippen LogP contribution is -2.14. The number of pyridine rings is 1. The minimum atomic E-state index is 0.776. The fraction of sp³-hybridized carbons (Fsp3) is 0.118. The molecule has 0 saturated heterocycles. The van der Waals surface area contributed by atoms with Gasteiger partial charge in [0.1, 0.15) is 5.82 Å². The summed E-state index contributed by atoms with van der Waals surface area (Å²) in [7, 11) is 0. The van der Waals surface area contributed by atoms with Gasteiger partial charge in [0.05, 0.1) is 5.52 Å². The van der Waals surface area contributed by atoms with Crippen LogP contribution in [0.25, 0.3) is 10.9 Å². The van der Waals surface area contributed by atoms with E-state index in [1.54, 1.807) is 0 Å². The van der Waals surface area contributed by atoms with Crippen molar-refractivity contribution in [3.8, 4) is 0 Å². The second-order valence-corrected chi connectivity index (χ2v) is 5.15. The van der Waals surface area contributed by atoms with Crippen LogP contribution in [0, 0.1) is 0 Å². The number of benzene rings is 2. The number of para-hydroxylation sites is 1. The molecule has 1 aliphatic rings. The molecule has 0 bridgehead atoms. The van der Waals surface area contributed by atoms with E-state index in [0.29, 0.717) is 0 Å². The molecule has 3 nitrogen and oxygen atoms in total. The molecular weight excluding hydrogens is 246 g/mol. The average molecular weight is 261 g/mol. The number of anilines is 3. The monoisotopic (exact) mass is 261 g/mol. The summed E-state index contributed by atoms with van der Waals surface area (Å²) in [6, 6.07) is 18.5. The highest BCUT2D eigenvalue weighted by Crippen LogP contribution is 2.33. The van der Waals surface area contributed by atoms with Gasteiger partial charge in [-0.3, -0.25) is 0 Å². The predicted octanol–water partition coefficient (Wildman–Crippen LogP) is 3.51. The fourth-order valence-corrected chi connectivity index (χ4v) is 2.86. The summed E-state index contributed by atoms with van der Waals surface area (Å²) in [6.45, 7) is 0.993. The average Bonchev–Trinajstić information content (AvgIpc) is 2.91. The first-order valence-corrected chi connectivity index (χ1v) is 6.83. The maximum atomic E-state index is 5.81. The van der Waals surface area contributed by atoms with E-state index in [9.17, 15) is 0 Å². The lowest BCUT2D eigenvalue weighted by Gasteiger charge is -2.18. The van der Waals surface area contributed by atoms with Crippen LogP contribution in [-0.2, 0) is 6.42 Å². The first kappa shape index (κ1) is 11.3. The SMILES string of the molecule is Nc1ccc2nc(N3CCc4ccccc43)ccc2c1.